The van der Waals surface area contributed by atoms with Crippen LogP contribution < -0.4 is 19.5 Å². The van der Waals surface area contributed by atoms with Crippen LogP contribution in [0.4, 0.5) is 5.69 Å². The third kappa shape index (κ3) is 5.51. The van der Waals surface area contributed by atoms with Gasteiger partial charge in [0.25, 0.3) is 5.91 Å². The van der Waals surface area contributed by atoms with Gasteiger partial charge in [-0.2, -0.15) is 5.26 Å². The van der Waals surface area contributed by atoms with Gasteiger partial charge in [-0.05, 0) is 48.0 Å². The normalized spacial score (nSPS) is 10.5. The van der Waals surface area contributed by atoms with E-state index < -0.39 is 18.5 Å². The van der Waals surface area contributed by atoms with Crippen LogP contribution in [-0.4, -0.2) is 37.8 Å². The number of rotatable bonds is 8. The predicted molar refractivity (Wildman–Crippen MR) is 101 cm³/mol. The maximum atomic E-state index is 12.3. The van der Waals surface area contributed by atoms with E-state index in [1.54, 1.807) is 30.3 Å². The van der Waals surface area contributed by atoms with E-state index in [1.807, 2.05) is 6.07 Å². The first kappa shape index (κ1) is 20.3. The molecule has 2 aromatic rings. The Bertz CT molecular complexity index is 929. The van der Waals surface area contributed by atoms with Crippen molar-refractivity contribution in [1.82, 2.24) is 0 Å². The van der Waals surface area contributed by atoms with Crippen molar-refractivity contribution >= 4 is 23.6 Å². The van der Waals surface area contributed by atoms with Crippen molar-refractivity contribution < 1.29 is 28.9 Å². The van der Waals surface area contributed by atoms with Gasteiger partial charge in [-0.1, -0.05) is 6.07 Å². The van der Waals surface area contributed by atoms with E-state index in [2.05, 4.69) is 5.32 Å². The molecule has 0 spiro atoms. The number of carboxylic acid groups (broad SMARTS) is 1. The van der Waals surface area contributed by atoms with Crippen molar-refractivity contribution in [3.8, 4) is 23.3 Å². The van der Waals surface area contributed by atoms with E-state index in [0.717, 1.165) is 0 Å². The molecular weight excluding hydrogens is 364 g/mol. The molecule has 8 nitrogen and oxygen atoms in total. The molecule has 0 radical (unpaired) electrons. The van der Waals surface area contributed by atoms with Gasteiger partial charge in [0.2, 0.25) is 0 Å². The molecule has 0 bridgehead atoms. The maximum absolute atomic E-state index is 12.3. The lowest BCUT2D eigenvalue weighted by atomic mass is 10.1. The molecular formula is C20H18N2O6. The van der Waals surface area contributed by atoms with Crippen LogP contribution in [0.3, 0.4) is 0 Å². The fourth-order valence-electron chi connectivity index (χ4n) is 2.22. The molecule has 28 heavy (non-hydrogen) atoms. The summed E-state index contributed by atoms with van der Waals surface area (Å²) >= 11 is 0. The Morgan fingerprint density at radius 2 is 1.82 bits per heavy atom. The highest BCUT2D eigenvalue weighted by atomic mass is 16.5. The van der Waals surface area contributed by atoms with Crippen molar-refractivity contribution in [1.29, 1.82) is 5.26 Å². The zero-order valence-corrected chi connectivity index (χ0v) is 15.3. The Morgan fingerprint density at radius 1 is 1.11 bits per heavy atom. The topological polar surface area (TPSA) is 118 Å². The molecule has 0 aliphatic carbocycles. The molecule has 0 atom stereocenters. The molecule has 0 aliphatic heterocycles. The molecule has 0 aromatic heterocycles. The SMILES string of the molecule is COc1ccc(NC(=O)C(C#N)=Cc2ccc(OCC(=O)O)c(OC)c2)cc1. The van der Waals surface area contributed by atoms with E-state index in [4.69, 9.17) is 19.3 Å². The van der Waals surface area contributed by atoms with Crippen LogP contribution in [0, 0.1) is 11.3 Å². The van der Waals surface area contributed by atoms with Crippen molar-refractivity contribution in [2.75, 3.05) is 26.1 Å². The molecule has 0 aliphatic rings. The van der Waals surface area contributed by atoms with Gasteiger partial charge in [0.1, 0.15) is 17.4 Å². The minimum atomic E-state index is -1.12. The second kappa shape index (κ2) is 9.64. The predicted octanol–water partition coefficient (Wildman–Crippen LogP) is 2.71. The Hall–Kier alpha value is -3.99. The fraction of sp³-hybridized carbons (Fsp3) is 0.150. The summed E-state index contributed by atoms with van der Waals surface area (Å²) in [6.45, 7) is -0.515. The van der Waals surface area contributed by atoms with Crippen LogP contribution in [0.2, 0.25) is 0 Å². The summed E-state index contributed by atoms with van der Waals surface area (Å²) in [7, 11) is 2.94. The minimum absolute atomic E-state index is 0.114. The van der Waals surface area contributed by atoms with E-state index in [9.17, 15) is 14.9 Å². The molecule has 0 fully saturated rings. The number of nitriles is 1. The average Bonchev–Trinajstić information content (AvgIpc) is 2.71. The first-order valence-electron chi connectivity index (χ1n) is 8.06. The van der Waals surface area contributed by atoms with Gasteiger partial charge in [0, 0.05) is 5.69 Å². The number of nitrogens with one attached hydrogen (secondary N) is 1. The van der Waals surface area contributed by atoms with E-state index in [1.165, 1.54) is 32.4 Å². The zero-order valence-electron chi connectivity index (χ0n) is 15.3. The number of nitrogens with zero attached hydrogens (tertiary/aromatic N) is 1. The van der Waals surface area contributed by atoms with Crippen molar-refractivity contribution in [2.45, 2.75) is 0 Å². The highest BCUT2D eigenvalue weighted by molar-refractivity contribution is 6.09. The fourth-order valence-corrected chi connectivity index (χ4v) is 2.22. The molecule has 1 amide bonds. The summed E-state index contributed by atoms with van der Waals surface area (Å²) in [4.78, 5) is 23.0. The van der Waals surface area contributed by atoms with Gasteiger partial charge in [-0.15, -0.1) is 0 Å². The van der Waals surface area contributed by atoms with Gasteiger partial charge in [-0.25, -0.2) is 4.79 Å². The second-order valence-electron chi connectivity index (χ2n) is 5.45. The summed E-state index contributed by atoms with van der Waals surface area (Å²) in [5.74, 6) is -0.525. The molecule has 2 aromatic carbocycles. The number of carbonyl (C=O) groups is 2. The number of ether oxygens (including phenoxy) is 3. The summed E-state index contributed by atoms with van der Waals surface area (Å²) in [5, 5.41) is 20.6. The summed E-state index contributed by atoms with van der Waals surface area (Å²) in [5.41, 5.74) is 0.917. The molecule has 2 rings (SSSR count). The number of benzene rings is 2. The van der Waals surface area contributed by atoms with Crippen LogP contribution in [-0.2, 0) is 9.59 Å². The molecule has 0 heterocycles. The largest absolute Gasteiger partial charge is 0.497 e. The second-order valence-corrected chi connectivity index (χ2v) is 5.45. The van der Waals surface area contributed by atoms with Crippen LogP contribution in [0.5, 0.6) is 17.2 Å². The summed E-state index contributed by atoms with van der Waals surface area (Å²) < 4.78 is 15.3. The van der Waals surface area contributed by atoms with Crippen molar-refractivity contribution in [3.63, 3.8) is 0 Å². The first-order valence-corrected chi connectivity index (χ1v) is 8.06. The molecule has 8 heteroatoms. The molecule has 2 N–H and O–H groups in total. The third-order valence-corrected chi connectivity index (χ3v) is 3.56. The van der Waals surface area contributed by atoms with Gasteiger partial charge in [-0.3, -0.25) is 4.79 Å². The third-order valence-electron chi connectivity index (χ3n) is 3.56. The number of amides is 1. The lowest BCUT2D eigenvalue weighted by molar-refractivity contribution is -0.139. The van der Waals surface area contributed by atoms with Gasteiger partial charge >= 0.3 is 5.97 Å². The Balaban J connectivity index is 2.18. The molecule has 144 valence electrons. The highest BCUT2D eigenvalue weighted by Crippen LogP contribution is 2.29. The number of hydrogen-bond donors (Lipinski definition) is 2. The highest BCUT2D eigenvalue weighted by Gasteiger charge is 2.12. The Labute approximate surface area is 161 Å². The molecule has 0 unspecified atom stereocenters. The van der Waals surface area contributed by atoms with Crippen LogP contribution in [0.15, 0.2) is 48.0 Å². The number of carbonyl (C=O) groups excluding carboxylic acids is 1. The van der Waals surface area contributed by atoms with Gasteiger partial charge in [0.05, 0.1) is 14.2 Å². The monoisotopic (exact) mass is 382 g/mol. The summed E-state index contributed by atoms with van der Waals surface area (Å²) in [6.07, 6.45) is 1.39. The maximum Gasteiger partial charge on any atom is 0.341 e. The Kier molecular flexibility index (Phi) is 6.99. The quantitative estimate of drug-likeness (QED) is 0.532. The van der Waals surface area contributed by atoms with E-state index >= 15 is 0 Å². The lowest BCUT2D eigenvalue weighted by Gasteiger charge is -2.10. The number of methoxy groups -OCH3 is 2. The number of hydrogen-bond acceptors (Lipinski definition) is 6. The van der Waals surface area contributed by atoms with Crippen LogP contribution >= 0.6 is 0 Å². The van der Waals surface area contributed by atoms with Crippen LogP contribution in [0.1, 0.15) is 5.56 Å². The minimum Gasteiger partial charge on any atom is -0.497 e. The number of aliphatic carboxylic acids is 1. The standard InChI is InChI=1S/C20H18N2O6/c1-26-16-6-4-15(5-7-16)22-20(25)14(11-21)9-13-3-8-17(18(10-13)27-2)28-12-19(23)24/h3-10H,12H2,1-2H3,(H,22,25)(H,23,24). The van der Waals surface area contributed by atoms with Gasteiger partial charge in [0.15, 0.2) is 18.1 Å². The number of carboxylic acids is 1. The lowest BCUT2D eigenvalue weighted by Crippen LogP contribution is -2.13. The summed E-state index contributed by atoms with van der Waals surface area (Å²) in [6, 6.07) is 13.2. The van der Waals surface area contributed by atoms with Crippen molar-refractivity contribution in [2.24, 2.45) is 0 Å². The molecule has 0 saturated heterocycles. The van der Waals surface area contributed by atoms with Gasteiger partial charge < -0.3 is 24.6 Å². The Morgan fingerprint density at radius 3 is 2.39 bits per heavy atom. The van der Waals surface area contributed by atoms with Crippen molar-refractivity contribution in [3.05, 3.63) is 53.6 Å². The first-order chi connectivity index (χ1) is 13.5. The van der Waals surface area contributed by atoms with E-state index in [0.29, 0.717) is 17.0 Å². The average molecular weight is 382 g/mol. The van der Waals surface area contributed by atoms with E-state index in [-0.39, 0.29) is 17.1 Å². The zero-order chi connectivity index (χ0) is 20.5. The van der Waals surface area contributed by atoms with Crippen LogP contribution in [0.25, 0.3) is 6.08 Å². The number of anilines is 1. The smallest absolute Gasteiger partial charge is 0.341 e. The molecule has 0 saturated carbocycles.